The highest BCUT2D eigenvalue weighted by atomic mass is 35.5. The molecule has 0 saturated heterocycles. The first kappa shape index (κ1) is 16.8. The zero-order valence-corrected chi connectivity index (χ0v) is 14.8. The lowest BCUT2D eigenvalue weighted by Crippen LogP contribution is -2.12. The number of carbonyl (C=O) groups is 1. The Hall–Kier alpha value is -2.02. The summed E-state index contributed by atoms with van der Waals surface area (Å²) in [7, 11) is 1.73. The van der Waals surface area contributed by atoms with Crippen LogP contribution < -0.4 is 5.32 Å². The number of benzene rings is 1. The van der Waals surface area contributed by atoms with Crippen LogP contribution in [0.4, 0.5) is 5.82 Å². The molecule has 0 spiro atoms. The average Bonchev–Trinajstić information content (AvgIpc) is 3.10. The Morgan fingerprint density at radius 2 is 1.96 bits per heavy atom. The van der Waals surface area contributed by atoms with Crippen molar-refractivity contribution >= 4 is 46.5 Å². The predicted octanol–water partition coefficient (Wildman–Crippen LogP) is 3.88. The third-order valence-electron chi connectivity index (χ3n) is 3.24. The fourth-order valence-corrected chi connectivity index (χ4v) is 2.62. The fourth-order valence-electron chi connectivity index (χ4n) is 2.11. The molecule has 0 radical (unpaired) electrons. The highest BCUT2D eigenvalue weighted by Crippen LogP contribution is 2.24. The lowest BCUT2D eigenvalue weighted by Gasteiger charge is -2.04. The van der Waals surface area contributed by atoms with Crippen molar-refractivity contribution in [3.05, 3.63) is 63.0 Å². The number of amides is 1. The van der Waals surface area contributed by atoms with Gasteiger partial charge in [0.1, 0.15) is 5.02 Å². The molecule has 0 aliphatic carbocycles. The van der Waals surface area contributed by atoms with Crippen LogP contribution in [0.3, 0.4) is 0 Å². The van der Waals surface area contributed by atoms with Gasteiger partial charge < -0.3 is 5.32 Å². The lowest BCUT2D eigenvalue weighted by molar-refractivity contribution is 0.102. The van der Waals surface area contributed by atoms with Crippen LogP contribution in [0.1, 0.15) is 15.9 Å². The molecule has 0 bridgehead atoms. The van der Waals surface area contributed by atoms with Crippen molar-refractivity contribution in [1.82, 2.24) is 19.6 Å². The van der Waals surface area contributed by atoms with Crippen molar-refractivity contribution in [3.8, 4) is 0 Å². The van der Waals surface area contributed by atoms with Gasteiger partial charge in [0.05, 0.1) is 28.4 Å². The van der Waals surface area contributed by atoms with Crippen molar-refractivity contribution in [1.29, 1.82) is 0 Å². The minimum Gasteiger partial charge on any atom is -0.304 e. The highest BCUT2D eigenvalue weighted by molar-refractivity contribution is 6.42. The van der Waals surface area contributed by atoms with Gasteiger partial charge in [-0.15, -0.1) is 0 Å². The average molecular weight is 385 g/mol. The molecule has 124 valence electrons. The number of halogens is 3. The molecular formula is C15H12Cl3N5O. The molecule has 3 rings (SSSR count). The minimum absolute atomic E-state index is 0.283. The van der Waals surface area contributed by atoms with Gasteiger partial charge in [-0.3, -0.25) is 14.2 Å². The van der Waals surface area contributed by atoms with Crippen molar-refractivity contribution in [2.45, 2.75) is 6.54 Å². The molecule has 0 aliphatic heterocycles. The van der Waals surface area contributed by atoms with Crippen LogP contribution >= 0.6 is 34.8 Å². The molecule has 0 unspecified atom stereocenters. The minimum atomic E-state index is -0.329. The topological polar surface area (TPSA) is 64.7 Å². The summed E-state index contributed by atoms with van der Waals surface area (Å²) >= 11 is 18.0. The smallest absolute Gasteiger partial charge is 0.260 e. The van der Waals surface area contributed by atoms with Gasteiger partial charge in [0.25, 0.3) is 5.91 Å². The number of nitrogens with zero attached hydrogens (tertiary/aromatic N) is 4. The van der Waals surface area contributed by atoms with E-state index in [1.165, 1.54) is 6.20 Å². The van der Waals surface area contributed by atoms with Gasteiger partial charge in [0.2, 0.25) is 0 Å². The molecule has 2 heterocycles. The van der Waals surface area contributed by atoms with E-state index in [1.54, 1.807) is 40.9 Å². The molecule has 0 atom stereocenters. The van der Waals surface area contributed by atoms with E-state index < -0.39 is 0 Å². The van der Waals surface area contributed by atoms with Gasteiger partial charge in [-0.2, -0.15) is 10.2 Å². The molecule has 24 heavy (non-hydrogen) atoms. The number of anilines is 1. The van der Waals surface area contributed by atoms with Crippen molar-refractivity contribution in [2.75, 3.05) is 5.32 Å². The van der Waals surface area contributed by atoms with Crippen molar-refractivity contribution < 1.29 is 4.79 Å². The second-order valence-corrected chi connectivity index (χ2v) is 6.35. The largest absolute Gasteiger partial charge is 0.304 e. The summed E-state index contributed by atoms with van der Waals surface area (Å²) in [5.74, 6) is -0.0460. The Bertz CT molecular complexity index is 902. The molecule has 2 aromatic heterocycles. The van der Waals surface area contributed by atoms with Gasteiger partial charge in [-0.25, -0.2) is 0 Å². The number of carbonyl (C=O) groups excluding carboxylic acids is 1. The Labute approximate surface area is 152 Å². The first-order valence-electron chi connectivity index (χ1n) is 6.89. The van der Waals surface area contributed by atoms with Gasteiger partial charge in [0, 0.05) is 19.4 Å². The second-order valence-electron chi connectivity index (χ2n) is 5.13. The van der Waals surface area contributed by atoms with E-state index in [9.17, 15) is 4.79 Å². The molecule has 0 aliphatic rings. The van der Waals surface area contributed by atoms with E-state index in [4.69, 9.17) is 34.8 Å². The van der Waals surface area contributed by atoms with Crippen LogP contribution in [0.25, 0.3) is 0 Å². The zero-order chi connectivity index (χ0) is 17.3. The highest BCUT2D eigenvalue weighted by Gasteiger charge is 2.14. The summed E-state index contributed by atoms with van der Waals surface area (Å²) in [5, 5.41) is 12.2. The van der Waals surface area contributed by atoms with E-state index in [-0.39, 0.29) is 11.7 Å². The van der Waals surface area contributed by atoms with Crippen LogP contribution in [0.15, 0.2) is 36.8 Å². The molecule has 0 saturated carbocycles. The third-order valence-corrected chi connectivity index (χ3v) is 4.26. The van der Waals surface area contributed by atoms with Gasteiger partial charge in [-0.05, 0) is 17.7 Å². The lowest BCUT2D eigenvalue weighted by atomic mass is 10.2. The van der Waals surface area contributed by atoms with E-state index in [0.29, 0.717) is 27.2 Å². The first-order valence-corrected chi connectivity index (χ1v) is 8.02. The maximum Gasteiger partial charge on any atom is 0.260 e. The standard InChI is InChI=1S/C15H12Cl3N5O/c1-22-7-10(5-19-22)15(24)20-14-13(18)8-23(21-14)6-9-2-3-11(16)12(17)4-9/h2-5,7-8H,6H2,1H3,(H,20,21,24). The molecule has 3 aromatic rings. The molecule has 0 fully saturated rings. The number of aryl methyl sites for hydroxylation is 1. The normalized spacial score (nSPS) is 10.8. The summed E-state index contributed by atoms with van der Waals surface area (Å²) < 4.78 is 3.15. The molecule has 1 N–H and O–H groups in total. The molecule has 9 heteroatoms. The fraction of sp³-hybridized carbons (Fsp3) is 0.133. The summed E-state index contributed by atoms with van der Waals surface area (Å²) in [6.45, 7) is 0.444. The Kier molecular flexibility index (Phi) is 4.80. The quantitative estimate of drug-likeness (QED) is 0.742. The van der Waals surface area contributed by atoms with E-state index in [2.05, 4.69) is 15.5 Å². The summed E-state index contributed by atoms with van der Waals surface area (Å²) in [5.41, 5.74) is 1.33. The van der Waals surface area contributed by atoms with Gasteiger partial charge in [-0.1, -0.05) is 40.9 Å². The third kappa shape index (κ3) is 3.72. The molecular weight excluding hydrogens is 373 g/mol. The van der Waals surface area contributed by atoms with Crippen LogP contribution in [-0.4, -0.2) is 25.5 Å². The van der Waals surface area contributed by atoms with Gasteiger partial charge >= 0.3 is 0 Å². The first-order chi connectivity index (χ1) is 11.4. The van der Waals surface area contributed by atoms with Crippen molar-refractivity contribution in [3.63, 3.8) is 0 Å². The van der Waals surface area contributed by atoms with Crippen LogP contribution in [-0.2, 0) is 13.6 Å². The van der Waals surface area contributed by atoms with Crippen molar-refractivity contribution in [2.24, 2.45) is 7.05 Å². The predicted molar refractivity (Wildman–Crippen MR) is 94.0 cm³/mol. The zero-order valence-electron chi connectivity index (χ0n) is 12.5. The molecule has 6 nitrogen and oxygen atoms in total. The Morgan fingerprint density at radius 1 is 1.17 bits per heavy atom. The van der Waals surface area contributed by atoms with Gasteiger partial charge in [0.15, 0.2) is 5.82 Å². The number of nitrogens with one attached hydrogen (secondary N) is 1. The van der Waals surface area contributed by atoms with Crippen LogP contribution in [0.5, 0.6) is 0 Å². The van der Waals surface area contributed by atoms with E-state index in [1.807, 2.05) is 6.07 Å². The molecule has 1 aromatic carbocycles. The second kappa shape index (κ2) is 6.84. The van der Waals surface area contributed by atoms with E-state index in [0.717, 1.165) is 5.56 Å². The monoisotopic (exact) mass is 383 g/mol. The number of rotatable bonds is 4. The SMILES string of the molecule is Cn1cc(C(=O)Nc2nn(Cc3ccc(Cl)c(Cl)c3)cc2Cl)cn1. The van der Waals surface area contributed by atoms with Crippen LogP contribution in [0, 0.1) is 0 Å². The number of aromatic nitrogens is 4. The number of hydrogen-bond donors (Lipinski definition) is 1. The maximum absolute atomic E-state index is 12.1. The number of hydrogen-bond acceptors (Lipinski definition) is 3. The summed E-state index contributed by atoms with van der Waals surface area (Å²) in [4.78, 5) is 12.1. The van der Waals surface area contributed by atoms with Crippen LogP contribution in [0.2, 0.25) is 15.1 Å². The summed E-state index contributed by atoms with van der Waals surface area (Å²) in [6.07, 6.45) is 4.70. The summed E-state index contributed by atoms with van der Waals surface area (Å²) in [6, 6.07) is 5.32. The Balaban J connectivity index is 1.75. The maximum atomic E-state index is 12.1. The molecule has 1 amide bonds. The Morgan fingerprint density at radius 3 is 2.62 bits per heavy atom. The van der Waals surface area contributed by atoms with E-state index >= 15 is 0 Å².